The second-order valence-electron chi connectivity index (χ2n) is 6.16. The molecule has 2 saturated heterocycles. The molecule has 23 heavy (non-hydrogen) atoms. The maximum atomic E-state index is 12.1. The predicted molar refractivity (Wildman–Crippen MR) is 88.5 cm³/mol. The molecule has 0 aliphatic carbocycles. The summed E-state index contributed by atoms with van der Waals surface area (Å²) in [5.74, 6) is 0.146. The van der Waals surface area contributed by atoms with Crippen LogP contribution in [0.4, 0.5) is 11.4 Å². The van der Waals surface area contributed by atoms with Gasteiger partial charge in [-0.15, -0.1) is 0 Å². The Morgan fingerprint density at radius 3 is 2.74 bits per heavy atom. The fraction of sp³-hybridized carbons (Fsp3) is 0.529. The van der Waals surface area contributed by atoms with Crippen molar-refractivity contribution in [3.63, 3.8) is 0 Å². The monoisotopic (exact) mass is 317 g/mol. The summed E-state index contributed by atoms with van der Waals surface area (Å²) in [4.78, 5) is 27.7. The van der Waals surface area contributed by atoms with Crippen molar-refractivity contribution in [3.8, 4) is 0 Å². The Hall–Kier alpha value is -1.92. The van der Waals surface area contributed by atoms with Crippen molar-refractivity contribution in [2.75, 3.05) is 43.0 Å². The van der Waals surface area contributed by atoms with E-state index >= 15 is 0 Å². The topological polar surface area (TPSA) is 61.9 Å². The van der Waals surface area contributed by atoms with Gasteiger partial charge in [0.1, 0.15) is 0 Å². The molecule has 0 bridgehead atoms. The zero-order chi connectivity index (χ0) is 16.2. The number of rotatable bonds is 4. The van der Waals surface area contributed by atoms with Crippen LogP contribution >= 0.6 is 0 Å². The SMILES string of the molecule is C[C@H]1CN(CC(=O)Nc2ccc(N3CCCC3=O)cc2)CCO1. The Morgan fingerprint density at radius 1 is 1.30 bits per heavy atom. The van der Waals surface area contributed by atoms with Crippen molar-refractivity contribution < 1.29 is 14.3 Å². The van der Waals surface area contributed by atoms with Crippen LogP contribution in [0.25, 0.3) is 0 Å². The summed E-state index contributed by atoms with van der Waals surface area (Å²) in [5, 5.41) is 2.91. The number of hydrogen-bond donors (Lipinski definition) is 1. The quantitative estimate of drug-likeness (QED) is 0.913. The summed E-state index contributed by atoms with van der Waals surface area (Å²) >= 11 is 0. The maximum Gasteiger partial charge on any atom is 0.238 e. The van der Waals surface area contributed by atoms with Gasteiger partial charge in [0.05, 0.1) is 19.3 Å². The molecule has 0 radical (unpaired) electrons. The van der Waals surface area contributed by atoms with Crippen LogP contribution in [-0.4, -0.2) is 55.6 Å². The summed E-state index contributed by atoms with van der Waals surface area (Å²) in [6.07, 6.45) is 1.71. The van der Waals surface area contributed by atoms with Crippen LogP contribution in [0, 0.1) is 0 Å². The van der Waals surface area contributed by atoms with E-state index in [4.69, 9.17) is 4.74 Å². The summed E-state index contributed by atoms with van der Waals surface area (Å²) in [6, 6.07) is 7.47. The maximum absolute atomic E-state index is 12.1. The average molecular weight is 317 g/mol. The molecule has 2 aliphatic rings. The molecule has 3 rings (SSSR count). The highest BCUT2D eigenvalue weighted by atomic mass is 16.5. The van der Waals surface area contributed by atoms with Gasteiger partial charge in [0.15, 0.2) is 0 Å². The van der Waals surface area contributed by atoms with Gasteiger partial charge in [-0.05, 0) is 37.6 Å². The second kappa shape index (κ2) is 7.10. The zero-order valence-electron chi connectivity index (χ0n) is 13.5. The van der Waals surface area contributed by atoms with Gasteiger partial charge in [0, 0.05) is 37.4 Å². The summed E-state index contributed by atoms with van der Waals surface area (Å²) < 4.78 is 5.47. The molecular weight excluding hydrogens is 294 g/mol. The van der Waals surface area contributed by atoms with E-state index in [-0.39, 0.29) is 17.9 Å². The molecule has 2 aliphatic heterocycles. The smallest absolute Gasteiger partial charge is 0.238 e. The van der Waals surface area contributed by atoms with Crippen molar-refractivity contribution in [1.82, 2.24) is 4.90 Å². The van der Waals surface area contributed by atoms with E-state index in [1.165, 1.54) is 0 Å². The third-order valence-electron chi connectivity index (χ3n) is 4.23. The van der Waals surface area contributed by atoms with Gasteiger partial charge >= 0.3 is 0 Å². The molecule has 2 amide bonds. The van der Waals surface area contributed by atoms with E-state index < -0.39 is 0 Å². The van der Waals surface area contributed by atoms with Crippen LogP contribution in [0.15, 0.2) is 24.3 Å². The molecule has 1 aromatic rings. The minimum Gasteiger partial charge on any atom is -0.376 e. The summed E-state index contributed by atoms with van der Waals surface area (Å²) in [6.45, 7) is 5.41. The standard InChI is InChI=1S/C17H23N3O3/c1-13-11-19(9-10-23-13)12-16(21)18-14-4-6-15(7-5-14)20-8-2-3-17(20)22/h4-7,13H,2-3,8-12H2,1H3,(H,18,21)/t13-/m0/s1. The lowest BCUT2D eigenvalue weighted by Crippen LogP contribution is -2.44. The van der Waals surface area contributed by atoms with E-state index in [2.05, 4.69) is 10.2 Å². The Morgan fingerprint density at radius 2 is 2.09 bits per heavy atom. The minimum atomic E-state index is -0.0240. The van der Waals surface area contributed by atoms with Crippen LogP contribution < -0.4 is 10.2 Å². The van der Waals surface area contributed by atoms with E-state index in [0.717, 1.165) is 37.4 Å². The lowest BCUT2D eigenvalue weighted by Gasteiger charge is -2.30. The number of benzene rings is 1. The number of anilines is 2. The van der Waals surface area contributed by atoms with Crippen molar-refractivity contribution in [1.29, 1.82) is 0 Å². The number of carbonyl (C=O) groups excluding carboxylic acids is 2. The first-order valence-corrected chi connectivity index (χ1v) is 8.16. The molecule has 1 N–H and O–H groups in total. The Kier molecular flexibility index (Phi) is 4.93. The van der Waals surface area contributed by atoms with Crippen molar-refractivity contribution in [2.45, 2.75) is 25.9 Å². The number of hydrogen-bond acceptors (Lipinski definition) is 4. The molecule has 0 spiro atoms. The largest absolute Gasteiger partial charge is 0.376 e. The molecule has 2 heterocycles. The third-order valence-corrected chi connectivity index (χ3v) is 4.23. The molecule has 0 saturated carbocycles. The highest BCUT2D eigenvalue weighted by Gasteiger charge is 2.22. The molecule has 2 fully saturated rings. The Balaban J connectivity index is 1.53. The van der Waals surface area contributed by atoms with Gasteiger partial charge in [-0.2, -0.15) is 0 Å². The molecule has 1 aromatic carbocycles. The number of carbonyl (C=O) groups is 2. The number of morpholine rings is 1. The lowest BCUT2D eigenvalue weighted by molar-refractivity contribution is -0.119. The predicted octanol–water partition coefficient (Wildman–Crippen LogP) is 1.47. The third kappa shape index (κ3) is 4.09. The van der Waals surface area contributed by atoms with Crippen LogP contribution in [-0.2, 0) is 14.3 Å². The van der Waals surface area contributed by atoms with Gasteiger partial charge < -0.3 is 15.0 Å². The number of nitrogens with one attached hydrogen (secondary N) is 1. The van der Waals surface area contributed by atoms with E-state index in [0.29, 0.717) is 19.6 Å². The van der Waals surface area contributed by atoms with Crippen molar-refractivity contribution >= 4 is 23.2 Å². The second-order valence-corrected chi connectivity index (χ2v) is 6.16. The van der Waals surface area contributed by atoms with Crippen molar-refractivity contribution in [3.05, 3.63) is 24.3 Å². The number of nitrogens with zero attached hydrogens (tertiary/aromatic N) is 2. The number of amides is 2. The Labute approximate surface area is 136 Å². The Bertz CT molecular complexity index is 573. The van der Waals surface area contributed by atoms with E-state index in [9.17, 15) is 9.59 Å². The highest BCUT2D eigenvalue weighted by Crippen LogP contribution is 2.23. The highest BCUT2D eigenvalue weighted by molar-refractivity contribution is 5.96. The van der Waals surface area contributed by atoms with Crippen LogP contribution in [0.5, 0.6) is 0 Å². The van der Waals surface area contributed by atoms with Gasteiger partial charge in [-0.3, -0.25) is 14.5 Å². The molecular formula is C17H23N3O3. The first-order valence-electron chi connectivity index (χ1n) is 8.16. The van der Waals surface area contributed by atoms with E-state index in [1.54, 1.807) is 4.90 Å². The first-order chi connectivity index (χ1) is 11.1. The molecule has 1 atom stereocenters. The minimum absolute atomic E-state index is 0.0240. The van der Waals surface area contributed by atoms with Crippen molar-refractivity contribution in [2.24, 2.45) is 0 Å². The normalized spacial score (nSPS) is 22.4. The van der Waals surface area contributed by atoms with Gasteiger partial charge in [0.2, 0.25) is 11.8 Å². The first kappa shape index (κ1) is 16.0. The molecule has 6 heteroatoms. The molecule has 0 aromatic heterocycles. The fourth-order valence-electron chi connectivity index (χ4n) is 3.08. The average Bonchev–Trinajstić information content (AvgIpc) is 2.94. The number of ether oxygens (including phenoxy) is 1. The van der Waals surface area contributed by atoms with Gasteiger partial charge in [-0.1, -0.05) is 0 Å². The molecule has 124 valence electrons. The van der Waals surface area contributed by atoms with Crippen LogP contribution in [0.2, 0.25) is 0 Å². The summed E-state index contributed by atoms with van der Waals surface area (Å²) in [7, 11) is 0. The van der Waals surface area contributed by atoms with Gasteiger partial charge in [0.25, 0.3) is 0 Å². The van der Waals surface area contributed by atoms with Gasteiger partial charge in [-0.25, -0.2) is 0 Å². The summed E-state index contributed by atoms with van der Waals surface area (Å²) in [5.41, 5.74) is 1.65. The molecule has 0 unspecified atom stereocenters. The lowest BCUT2D eigenvalue weighted by atomic mass is 10.2. The molecule has 6 nitrogen and oxygen atoms in total. The van der Waals surface area contributed by atoms with Crippen LogP contribution in [0.1, 0.15) is 19.8 Å². The van der Waals surface area contributed by atoms with Crippen LogP contribution in [0.3, 0.4) is 0 Å². The zero-order valence-corrected chi connectivity index (χ0v) is 13.5. The van der Waals surface area contributed by atoms with E-state index in [1.807, 2.05) is 31.2 Å². The fourth-order valence-corrected chi connectivity index (χ4v) is 3.08.